The van der Waals surface area contributed by atoms with E-state index in [2.05, 4.69) is 29.1 Å². The minimum absolute atomic E-state index is 0.0800. The van der Waals surface area contributed by atoms with Crippen LogP contribution in [0.25, 0.3) is 0 Å². The molecule has 1 saturated heterocycles. The summed E-state index contributed by atoms with van der Waals surface area (Å²) < 4.78 is 0. The monoisotopic (exact) mass is 393 g/mol. The molecule has 1 aromatic carbocycles. The fraction of sp³-hybridized carbons (Fsp3) is 0.368. The number of amides is 3. The van der Waals surface area contributed by atoms with Gasteiger partial charge in [-0.3, -0.25) is 4.79 Å². The fourth-order valence-corrected chi connectivity index (χ4v) is 2.86. The summed E-state index contributed by atoms with van der Waals surface area (Å²) in [5.74, 6) is 5.77. The van der Waals surface area contributed by atoms with Crippen molar-refractivity contribution in [3.63, 3.8) is 0 Å². The zero-order valence-corrected chi connectivity index (χ0v) is 16.0. The summed E-state index contributed by atoms with van der Waals surface area (Å²) in [4.78, 5) is 25.4. The van der Waals surface area contributed by atoms with Crippen LogP contribution in [-0.2, 0) is 4.79 Å². The van der Waals surface area contributed by atoms with Crippen LogP contribution in [0.2, 0.25) is 10.0 Å². The van der Waals surface area contributed by atoms with Crippen LogP contribution in [0.4, 0.5) is 4.79 Å². The number of likely N-dealkylation sites (tertiary alicyclic amines) is 1. The van der Waals surface area contributed by atoms with Gasteiger partial charge >= 0.3 is 6.03 Å². The first-order chi connectivity index (χ1) is 12.4. The van der Waals surface area contributed by atoms with Crippen molar-refractivity contribution in [2.75, 3.05) is 13.1 Å². The van der Waals surface area contributed by atoms with E-state index in [0.29, 0.717) is 23.1 Å². The molecular formula is C19H21Cl2N3O2. The number of hydrogen-bond donors (Lipinski definition) is 2. The van der Waals surface area contributed by atoms with E-state index in [-0.39, 0.29) is 24.0 Å². The van der Waals surface area contributed by atoms with E-state index in [1.54, 1.807) is 23.1 Å². The molecule has 0 aliphatic carbocycles. The lowest BCUT2D eigenvalue weighted by atomic mass is 10.1. The van der Waals surface area contributed by atoms with Gasteiger partial charge in [-0.2, -0.15) is 0 Å². The van der Waals surface area contributed by atoms with Crippen molar-refractivity contribution in [2.24, 2.45) is 0 Å². The first kappa shape index (κ1) is 20.2. The lowest BCUT2D eigenvalue weighted by Gasteiger charge is -2.32. The second kappa shape index (κ2) is 9.51. The van der Waals surface area contributed by atoms with Crippen molar-refractivity contribution in [3.8, 4) is 11.8 Å². The number of carbonyl (C=O) groups excluding carboxylic acids is 2. The Kier molecular flexibility index (Phi) is 7.38. The second-order valence-electron chi connectivity index (χ2n) is 6.04. The van der Waals surface area contributed by atoms with Crippen molar-refractivity contribution in [1.29, 1.82) is 0 Å². The van der Waals surface area contributed by atoms with Crippen LogP contribution >= 0.6 is 23.2 Å². The first-order valence-electron chi connectivity index (χ1n) is 8.34. The number of benzene rings is 1. The van der Waals surface area contributed by atoms with Gasteiger partial charge in [0.15, 0.2) is 0 Å². The number of urea groups is 1. The van der Waals surface area contributed by atoms with Gasteiger partial charge in [-0.1, -0.05) is 41.6 Å². The Hall–Kier alpha value is -2.16. The molecule has 5 nitrogen and oxygen atoms in total. The molecule has 0 aromatic heterocycles. The Morgan fingerprint density at radius 2 is 2.00 bits per heavy atom. The number of hydrogen-bond acceptors (Lipinski definition) is 2. The predicted octanol–water partition coefficient (Wildman–Crippen LogP) is 3.21. The molecule has 138 valence electrons. The van der Waals surface area contributed by atoms with Gasteiger partial charge in [0, 0.05) is 24.7 Å². The molecular weight excluding hydrogens is 373 g/mol. The smallest absolute Gasteiger partial charge is 0.318 e. The molecule has 1 heterocycles. The molecule has 2 rings (SSSR count). The minimum atomic E-state index is -0.310. The summed E-state index contributed by atoms with van der Waals surface area (Å²) >= 11 is 11.8. The lowest BCUT2D eigenvalue weighted by molar-refractivity contribution is -0.117. The maximum absolute atomic E-state index is 12.3. The topological polar surface area (TPSA) is 61.4 Å². The van der Waals surface area contributed by atoms with Gasteiger partial charge in [0.2, 0.25) is 5.91 Å². The average Bonchev–Trinajstić information content (AvgIpc) is 2.63. The summed E-state index contributed by atoms with van der Waals surface area (Å²) in [5, 5.41) is 6.65. The largest absolute Gasteiger partial charge is 0.350 e. The Bertz CT molecular complexity index is 747. The minimum Gasteiger partial charge on any atom is -0.350 e. The van der Waals surface area contributed by atoms with Gasteiger partial charge in [-0.25, -0.2) is 4.79 Å². The summed E-state index contributed by atoms with van der Waals surface area (Å²) in [6, 6.07) is 4.76. The normalized spacial score (nSPS) is 15.4. The van der Waals surface area contributed by atoms with Crippen LogP contribution in [0.1, 0.15) is 25.3 Å². The molecule has 26 heavy (non-hydrogen) atoms. The molecule has 1 aromatic rings. The lowest BCUT2D eigenvalue weighted by Crippen LogP contribution is -2.50. The quantitative estimate of drug-likeness (QED) is 0.611. The summed E-state index contributed by atoms with van der Waals surface area (Å²) in [5.41, 5.74) is 0.735. The standard InChI is InChI=1S/C19H21Cl2N3O2/c1-3-18(25)23-15-8-10-24(11-9-15)19(26)22-13(2)4-5-14-6-7-16(20)17(21)12-14/h3,6-7,12-13,15H,1,8-11H2,2H3,(H,22,26)(H,23,25). The molecule has 1 atom stereocenters. The third-order valence-corrected chi connectivity index (χ3v) is 4.75. The van der Waals surface area contributed by atoms with Gasteiger partial charge in [0.25, 0.3) is 0 Å². The third-order valence-electron chi connectivity index (χ3n) is 4.01. The maximum atomic E-state index is 12.3. The molecule has 0 bridgehead atoms. The van der Waals surface area contributed by atoms with Crippen LogP contribution in [-0.4, -0.2) is 42.0 Å². The molecule has 1 aliphatic heterocycles. The Morgan fingerprint density at radius 1 is 1.31 bits per heavy atom. The predicted molar refractivity (Wildman–Crippen MR) is 104 cm³/mol. The highest BCUT2D eigenvalue weighted by atomic mass is 35.5. The number of nitrogens with zero attached hydrogens (tertiary/aromatic N) is 1. The van der Waals surface area contributed by atoms with E-state index < -0.39 is 0 Å². The number of carbonyl (C=O) groups is 2. The second-order valence-corrected chi connectivity index (χ2v) is 6.86. The SMILES string of the molecule is C=CC(=O)NC1CCN(C(=O)NC(C)C#Cc2ccc(Cl)c(Cl)c2)CC1. The Balaban J connectivity index is 1.82. The highest BCUT2D eigenvalue weighted by molar-refractivity contribution is 6.42. The molecule has 1 aliphatic rings. The summed E-state index contributed by atoms with van der Waals surface area (Å²) in [6.07, 6.45) is 2.69. The third kappa shape index (κ3) is 5.98. The molecule has 0 radical (unpaired) electrons. The number of halogens is 2. The summed E-state index contributed by atoms with van der Waals surface area (Å²) in [6.45, 7) is 6.42. The van der Waals surface area contributed by atoms with Crippen LogP contribution < -0.4 is 10.6 Å². The molecule has 0 saturated carbocycles. The van der Waals surface area contributed by atoms with Crippen molar-refractivity contribution in [3.05, 3.63) is 46.5 Å². The van der Waals surface area contributed by atoms with E-state index in [9.17, 15) is 9.59 Å². The molecule has 2 N–H and O–H groups in total. The van der Waals surface area contributed by atoms with Crippen molar-refractivity contribution >= 4 is 35.1 Å². The van der Waals surface area contributed by atoms with Gasteiger partial charge in [-0.05, 0) is 44.0 Å². The zero-order valence-electron chi connectivity index (χ0n) is 14.5. The van der Waals surface area contributed by atoms with Crippen LogP contribution in [0.3, 0.4) is 0 Å². The Morgan fingerprint density at radius 3 is 2.62 bits per heavy atom. The summed E-state index contributed by atoms with van der Waals surface area (Å²) in [7, 11) is 0. The van der Waals surface area contributed by atoms with Gasteiger partial charge in [0.1, 0.15) is 0 Å². The van der Waals surface area contributed by atoms with E-state index in [1.807, 2.05) is 6.92 Å². The van der Waals surface area contributed by atoms with Crippen molar-refractivity contribution in [1.82, 2.24) is 15.5 Å². The van der Waals surface area contributed by atoms with Crippen LogP contribution in [0.15, 0.2) is 30.9 Å². The van der Waals surface area contributed by atoms with Crippen LogP contribution in [0.5, 0.6) is 0 Å². The zero-order chi connectivity index (χ0) is 19.1. The average molecular weight is 394 g/mol. The highest BCUT2D eigenvalue weighted by Crippen LogP contribution is 2.22. The van der Waals surface area contributed by atoms with E-state index in [0.717, 1.165) is 18.4 Å². The molecule has 0 spiro atoms. The number of piperidine rings is 1. The van der Waals surface area contributed by atoms with Crippen molar-refractivity contribution < 1.29 is 9.59 Å². The molecule has 1 fully saturated rings. The van der Waals surface area contributed by atoms with Crippen molar-refractivity contribution in [2.45, 2.75) is 31.8 Å². The van der Waals surface area contributed by atoms with Gasteiger partial charge in [-0.15, -0.1) is 0 Å². The van der Waals surface area contributed by atoms with E-state index in [4.69, 9.17) is 23.2 Å². The maximum Gasteiger partial charge on any atom is 0.318 e. The Labute approximate surface area is 163 Å². The van der Waals surface area contributed by atoms with Gasteiger partial charge < -0.3 is 15.5 Å². The number of nitrogens with one attached hydrogen (secondary N) is 2. The number of rotatable bonds is 3. The molecule has 3 amide bonds. The first-order valence-corrected chi connectivity index (χ1v) is 9.09. The molecule has 7 heteroatoms. The molecule has 1 unspecified atom stereocenters. The van der Waals surface area contributed by atoms with Gasteiger partial charge in [0.05, 0.1) is 16.1 Å². The van der Waals surface area contributed by atoms with E-state index >= 15 is 0 Å². The van der Waals surface area contributed by atoms with E-state index in [1.165, 1.54) is 6.08 Å². The fourth-order valence-electron chi connectivity index (χ4n) is 2.57. The highest BCUT2D eigenvalue weighted by Gasteiger charge is 2.23. The van der Waals surface area contributed by atoms with Crippen LogP contribution in [0, 0.1) is 11.8 Å².